The normalized spacial score (nSPS) is 12.4. The Morgan fingerprint density at radius 2 is 1.80 bits per heavy atom. The maximum atomic E-state index is 10.6. The van der Waals surface area contributed by atoms with Gasteiger partial charge in [0.2, 0.25) is 0 Å². The van der Waals surface area contributed by atoms with E-state index in [1.807, 2.05) is 24.3 Å². The first-order valence-corrected chi connectivity index (χ1v) is 7.56. The summed E-state index contributed by atoms with van der Waals surface area (Å²) in [4.78, 5) is 0. The van der Waals surface area contributed by atoms with Crippen LogP contribution < -0.4 is 0 Å². The Morgan fingerprint density at radius 3 is 2.45 bits per heavy atom. The van der Waals surface area contributed by atoms with Crippen molar-refractivity contribution in [3.8, 4) is 0 Å². The molecule has 0 spiro atoms. The van der Waals surface area contributed by atoms with E-state index in [9.17, 15) is 5.11 Å². The fourth-order valence-corrected chi connectivity index (χ4v) is 2.71. The predicted octanol–water partition coefficient (Wildman–Crippen LogP) is 4.74. The fourth-order valence-electron chi connectivity index (χ4n) is 2.49. The van der Waals surface area contributed by atoms with Gasteiger partial charge in [0.25, 0.3) is 0 Å². The van der Waals surface area contributed by atoms with Gasteiger partial charge in [-0.1, -0.05) is 55.8 Å². The third-order valence-corrected chi connectivity index (χ3v) is 3.91. The second-order valence-electron chi connectivity index (χ2n) is 5.09. The van der Waals surface area contributed by atoms with Crippen LogP contribution in [0.3, 0.4) is 0 Å². The number of aryl methyl sites for hydroxylation is 2. The van der Waals surface area contributed by atoms with Gasteiger partial charge in [-0.2, -0.15) is 0 Å². The first-order chi connectivity index (χ1) is 9.63. The van der Waals surface area contributed by atoms with Gasteiger partial charge < -0.3 is 5.11 Å². The minimum Gasteiger partial charge on any atom is -0.388 e. The molecule has 1 unspecified atom stereocenters. The molecule has 0 fully saturated rings. The summed E-state index contributed by atoms with van der Waals surface area (Å²) in [7, 11) is 0. The maximum Gasteiger partial charge on any atom is 0.0833 e. The van der Waals surface area contributed by atoms with Crippen LogP contribution in [0.25, 0.3) is 0 Å². The number of benzene rings is 2. The molecule has 2 aromatic carbocycles. The van der Waals surface area contributed by atoms with Crippen LogP contribution in [0.15, 0.2) is 42.5 Å². The zero-order valence-corrected chi connectivity index (χ0v) is 12.8. The SMILES string of the molecule is CCc1ccc(CC)c(C(O)Cc2cccc(Cl)c2)c1. The highest BCUT2D eigenvalue weighted by Crippen LogP contribution is 2.25. The van der Waals surface area contributed by atoms with Crippen molar-refractivity contribution in [3.63, 3.8) is 0 Å². The zero-order valence-electron chi connectivity index (χ0n) is 12.1. The molecular weight excluding hydrogens is 268 g/mol. The Morgan fingerprint density at radius 1 is 1.00 bits per heavy atom. The maximum absolute atomic E-state index is 10.6. The van der Waals surface area contributed by atoms with Crippen molar-refractivity contribution in [2.24, 2.45) is 0 Å². The van der Waals surface area contributed by atoms with Gasteiger partial charge in [-0.25, -0.2) is 0 Å². The molecule has 1 atom stereocenters. The smallest absolute Gasteiger partial charge is 0.0833 e. The van der Waals surface area contributed by atoms with Gasteiger partial charge in [0.1, 0.15) is 0 Å². The summed E-state index contributed by atoms with van der Waals surface area (Å²) in [5.74, 6) is 0. The number of aliphatic hydroxyl groups is 1. The van der Waals surface area contributed by atoms with Gasteiger partial charge in [-0.05, 0) is 47.2 Å². The van der Waals surface area contributed by atoms with Crippen molar-refractivity contribution in [2.45, 2.75) is 39.2 Å². The molecule has 2 heteroatoms. The topological polar surface area (TPSA) is 20.2 Å². The molecule has 20 heavy (non-hydrogen) atoms. The van der Waals surface area contributed by atoms with E-state index in [1.165, 1.54) is 11.1 Å². The molecule has 0 aromatic heterocycles. The molecule has 2 rings (SSSR count). The quantitative estimate of drug-likeness (QED) is 0.842. The molecular formula is C18H21ClO. The van der Waals surface area contributed by atoms with Crippen LogP contribution >= 0.6 is 11.6 Å². The third kappa shape index (κ3) is 3.62. The largest absolute Gasteiger partial charge is 0.388 e. The highest BCUT2D eigenvalue weighted by atomic mass is 35.5. The minimum atomic E-state index is -0.477. The molecule has 106 valence electrons. The Kier molecular flexibility index (Phi) is 5.22. The Balaban J connectivity index is 2.25. The van der Waals surface area contributed by atoms with Gasteiger partial charge in [0, 0.05) is 11.4 Å². The summed E-state index contributed by atoms with van der Waals surface area (Å²) in [6.07, 6.45) is 2.04. The molecule has 0 saturated carbocycles. The molecule has 0 aliphatic carbocycles. The van der Waals surface area contributed by atoms with E-state index in [4.69, 9.17) is 11.6 Å². The lowest BCUT2D eigenvalue weighted by Gasteiger charge is -2.16. The number of hydrogen-bond acceptors (Lipinski definition) is 1. The van der Waals surface area contributed by atoms with Crippen molar-refractivity contribution < 1.29 is 5.11 Å². The number of halogens is 1. The average molecular weight is 289 g/mol. The third-order valence-electron chi connectivity index (χ3n) is 3.68. The van der Waals surface area contributed by atoms with Crippen LogP contribution in [0, 0.1) is 0 Å². The van der Waals surface area contributed by atoms with E-state index in [0.29, 0.717) is 11.4 Å². The summed E-state index contributed by atoms with van der Waals surface area (Å²) < 4.78 is 0. The van der Waals surface area contributed by atoms with Gasteiger partial charge in [-0.15, -0.1) is 0 Å². The second-order valence-corrected chi connectivity index (χ2v) is 5.53. The Labute approximate surface area is 126 Å². The van der Waals surface area contributed by atoms with Crippen molar-refractivity contribution in [3.05, 3.63) is 69.7 Å². The van der Waals surface area contributed by atoms with Crippen molar-refractivity contribution in [1.29, 1.82) is 0 Å². The van der Waals surface area contributed by atoms with Gasteiger partial charge in [-0.3, -0.25) is 0 Å². The van der Waals surface area contributed by atoms with Crippen molar-refractivity contribution in [2.75, 3.05) is 0 Å². The standard InChI is InChI=1S/C18H21ClO/c1-3-13-8-9-15(4-2)17(11-13)18(20)12-14-6-5-7-16(19)10-14/h5-11,18,20H,3-4,12H2,1-2H3. The van der Waals surface area contributed by atoms with E-state index in [1.54, 1.807) is 0 Å². The van der Waals surface area contributed by atoms with Crippen LogP contribution in [0.5, 0.6) is 0 Å². The lowest BCUT2D eigenvalue weighted by Crippen LogP contribution is -2.06. The van der Waals surface area contributed by atoms with E-state index < -0.39 is 6.10 Å². The summed E-state index contributed by atoms with van der Waals surface area (Å²) >= 11 is 6.00. The molecule has 0 saturated heterocycles. The van der Waals surface area contributed by atoms with Crippen molar-refractivity contribution >= 4 is 11.6 Å². The van der Waals surface area contributed by atoms with Gasteiger partial charge >= 0.3 is 0 Å². The lowest BCUT2D eigenvalue weighted by molar-refractivity contribution is 0.177. The molecule has 1 nitrogen and oxygen atoms in total. The van der Waals surface area contributed by atoms with E-state index in [0.717, 1.165) is 24.0 Å². The summed E-state index contributed by atoms with van der Waals surface area (Å²) in [6, 6.07) is 14.1. The molecule has 0 radical (unpaired) electrons. The minimum absolute atomic E-state index is 0.477. The Hall–Kier alpha value is -1.31. The number of hydrogen-bond donors (Lipinski definition) is 1. The highest BCUT2D eigenvalue weighted by molar-refractivity contribution is 6.30. The van der Waals surface area contributed by atoms with Crippen LogP contribution in [0.4, 0.5) is 0 Å². The average Bonchev–Trinajstić information content (AvgIpc) is 2.46. The van der Waals surface area contributed by atoms with E-state index >= 15 is 0 Å². The fraction of sp³-hybridized carbons (Fsp3) is 0.333. The summed E-state index contributed by atoms with van der Waals surface area (Å²) in [6.45, 7) is 4.25. The molecule has 0 heterocycles. The van der Waals surface area contributed by atoms with Gasteiger partial charge in [0.15, 0.2) is 0 Å². The lowest BCUT2D eigenvalue weighted by atomic mass is 9.93. The van der Waals surface area contributed by atoms with Crippen LogP contribution in [0.1, 0.15) is 42.2 Å². The highest BCUT2D eigenvalue weighted by Gasteiger charge is 2.13. The second kappa shape index (κ2) is 6.92. The molecule has 0 amide bonds. The van der Waals surface area contributed by atoms with Crippen molar-refractivity contribution in [1.82, 2.24) is 0 Å². The number of aliphatic hydroxyl groups excluding tert-OH is 1. The molecule has 2 aromatic rings. The van der Waals surface area contributed by atoms with Crippen LogP contribution in [-0.4, -0.2) is 5.11 Å². The molecule has 0 aliphatic heterocycles. The summed E-state index contributed by atoms with van der Waals surface area (Å²) in [5, 5.41) is 11.3. The molecule has 1 N–H and O–H groups in total. The first kappa shape index (κ1) is 15.1. The first-order valence-electron chi connectivity index (χ1n) is 7.18. The van der Waals surface area contributed by atoms with Crippen LogP contribution in [-0.2, 0) is 19.3 Å². The molecule has 0 aliphatic rings. The van der Waals surface area contributed by atoms with E-state index in [-0.39, 0.29) is 0 Å². The zero-order chi connectivity index (χ0) is 14.5. The predicted molar refractivity (Wildman–Crippen MR) is 85.3 cm³/mol. The number of rotatable bonds is 5. The monoisotopic (exact) mass is 288 g/mol. The molecule has 0 bridgehead atoms. The van der Waals surface area contributed by atoms with Crippen LogP contribution in [0.2, 0.25) is 5.02 Å². The van der Waals surface area contributed by atoms with E-state index in [2.05, 4.69) is 32.0 Å². The Bertz CT molecular complexity index is 577. The summed E-state index contributed by atoms with van der Waals surface area (Å²) in [5.41, 5.74) is 4.60. The van der Waals surface area contributed by atoms with Gasteiger partial charge in [0.05, 0.1) is 6.10 Å².